The fourth-order valence-corrected chi connectivity index (χ4v) is 3.60. The van der Waals surface area contributed by atoms with Crippen molar-refractivity contribution in [2.45, 2.75) is 37.9 Å². The zero-order valence-electron chi connectivity index (χ0n) is 9.99. The summed E-state index contributed by atoms with van der Waals surface area (Å²) in [6, 6.07) is 8.30. The molecule has 1 fully saturated rings. The summed E-state index contributed by atoms with van der Waals surface area (Å²) in [5, 5.41) is 0.573. The highest BCUT2D eigenvalue weighted by Crippen LogP contribution is 2.35. The molecule has 0 aromatic heterocycles. The normalized spacial score (nSPS) is 18.8. The Morgan fingerprint density at radius 2 is 2.12 bits per heavy atom. The highest BCUT2D eigenvalue weighted by Gasteiger charge is 2.16. The molecule has 1 saturated carbocycles. The third-order valence-electron chi connectivity index (χ3n) is 3.44. The second kappa shape index (κ2) is 5.62. The van der Waals surface area contributed by atoms with Crippen LogP contribution in [0.15, 0.2) is 24.3 Å². The molecule has 1 aliphatic carbocycles. The SMILES string of the molecule is CC(SCC1CCCC1)c1cccc(N)c1. The number of nitrogens with two attached hydrogens (primary N) is 1. The predicted molar refractivity (Wildman–Crippen MR) is 73.7 cm³/mol. The van der Waals surface area contributed by atoms with Crippen molar-refractivity contribution in [2.75, 3.05) is 11.5 Å². The van der Waals surface area contributed by atoms with Crippen molar-refractivity contribution in [1.82, 2.24) is 0 Å². The average molecular weight is 235 g/mol. The molecule has 0 amide bonds. The standard InChI is InChI=1S/C14H21NS/c1-11(13-7-4-8-14(15)9-13)16-10-12-5-2-3-6-12/h4,7-9,11-12H,2-3,5-6,10,15H2,1H3. The maximum Gasteiger partial charge on any atom is 0.0317 e. The number of hydrogen-bond donors (Lipinski definition) is 1. The Hall–Kier alpha value is -0.630. The lowest BCUT2D eigenvalue weighted by atomic mass is 10.1. The molecule has 88 valence electrons. The molecule has 2 heteroatoms. The van der Waals surface area contributed by atoms with E-state index in [9.17, 15) is 0 Å². The Kier molecular flexibility index (Phi) is 4.16. The summed E-state index contributed by atoms with van der Waals surface area (Å²) in [6.07, 6.45) is 5.77. The zero-order valence-corrected chi connectivity index (χ0v) is 10.8. The van der Waals surface area contributed by atoms with E-state index < -0.39 is 0 Å². The molecule has 2 N–H and O–H groups in total. The van der Waals surface area contributed by atoms with Crippen LogP contribution in [0.3, 0.4) is 0 Å². The van der Waals surface area contributed by atoms with E-state index in [2.05, 4.69) is 36.9 Å². The smallest absolute Gasteiger partial charge is 0.0317 e. The zero-order chi connectivity index (χ0) is 11.4. The number of hydrogen-bond acceptors (Lipinski definition) is 2. The Labute approximate surface area is 103 Å². The van der Waals surface area contributed by atoms with Gasteiger partial charge in [-0.3, -0.25) is 0 Å². The second-order valence-electron chi connectivity index (χ2n) is 4.80. The molecule has 0 bridgehead atoms. The lowest BCUT2D eigenvalue weighted by Gasteiger charge is -2.15. The van der Waals surface area contributed by atoms with Crippen LogP contribution in [-0.2, 0) is 0 Å². The fraction of sp³-hybridized carbons (Fsp3) is 0.571. The van der Waals surface area contributed by atoms with E-state index in [1.807, 2.05) is 6.07 Å². The minimum absolute atomic E-state index is 0.573. The van der Waals surface area contributed by atoms with Crippen LogP contribution in [-0.4, -0.2) is 5.75 Å². The van der Waals surface area contributed by atoms with Crippen LogP contribution < -0.4 is 5.73 Å². The van der Waals surface area contributed by atoms with E-state index in [4.69, 9.17) is 5.73 Å². The van der Waals surface area contributed by atoms with Gasteiger partial charge in [-0.05, 0) is 49.1 Å². The minimum Gasteiger partial charge on any atom is -0.399 e. The Morgan fingerprint density at radius 3 is 2.81 bits per heavy atom. The number of nitrogen functional groups attached to an aromatic ring is 1. The maximum absolute atomic E-state index is 5.81. The summed E-state index contributed by atoms with van der Waals surface area (Å²) in [6.45, 7) is 2.29. The van der Waals surface area contributed by atoms with Gasteiger partial charge >= 0.3 is 0 Å². The third kappa shape index (κ3) is 3.18. The molecule has 0 radical (unpaired) electrons. The first-order valence-electron chi connectivity index (χ1n) is 6.23. The first-order chi connectivity index (χ1) is 7.75. The van der Waals surface area contributed by atoms with Crippen LogP contribution >= 0.6 is 11.8 Å². The van der Waals surface area contributed by atoms with E-state index in [1.54, 1.807) is 0 Å². The molecule has 16 heavy (non-hydrogen) atoms. The Morgan fingerprint density at radius 1 is 1.38 bits per heavy atom. The molecular weight excluding hydrogens is 214 g/mol. The molecule has 0 aliphatic heterocycles. The molecule has 0 saturated heterocycles. The van der Waals surface area contributed by atoms with E-state index in [0.717, 1.165) is 11.6 Å². The average Bonchev–Trinajstić information content (AvgIpc) is 2.78. The maximum atomic E-state index is 5.81. The van der Waals surface area contributed by atoms with Gasteiger partial charge in [-0.25, -0.2) is 0 Å². The number of benzene rings is 1. The van der Waals surface area contributed by atoms with Gasteiger partial charge in [0, 0.05) is 10.9 Å². The first-order valence-corrected chi connectivity index (χ1v) is 7.27. The molecule has 1 aromatic rings. The highest BCUT2D eigenvalue weighted by atomic mass is 32.2. The van der Waals surface area contributed by atoms with Crippen LogP contribution in [0.4, 0.5) is 5.69 Å². The molecule has 1 atom stereocenters. The summed E-state index contributed by atoms with van der Waals surface area (Å²) in [4.78, 5) is 0. The molecule has 1 aliphatic rings. The Bertz CT molecular complexity index is 331. The quantitative estimate of drug-likeness (QED) is 0.789. The van der Waals surface area contributed by atoms with Crippen LogP contribution in [0, 0.1) is 5.92 Å². The fourth-order valence-electron chi connectivity index (χ4n) is 2.37. The topological polar surface area (TPSA) is 26.0 Å². The summed E-state index contributed by atoms with van der Waals surface area (Å²) in [7, 11) is 0. The lowest BCUT2D eigenvalue weighted by molar-refractivity contribution is 0.622. The van der Waals surface area contributed by atoms with Gasteiger partial charge < -0.3 is 5.73 Å². The van der Waals surface area contributed by atoms with Gasteiger partial charge in [-0.1, -0.05) is 25.0 Å². The Balaban J connectivity index is 1.85. The van der Waals surface area contributed by atoms with Crippen molar-refractivity contribution in [3.63, 3.8) is 0 Å². The van der Waals surface area contributed by atoms with Crippen LogP contribution in [0.25, 0.3) is 0 Å². The molecule has 0 spiro atoms. The summed E-state index contributed by atoms with van der Waals surface area (Å²) in [5.41, 5.74) is 8.05. The molecular formula is C14H21NS. The van der Waals surface area contributed by atoms with Gasteiger partial charge in [-0.15, -0.1) is 0 Å². The van der Waals surface area contributed by atoms with E-state index in [0.29, 0.717) is 5.25 Å². The van der Waals surface area contributed by atoms with Crippen molar-refractivity contribution in [2.24, 2.45) is 5.92 Å². The van der Waals surface area contributed by atoms with Gasteiger partial charge in [0.05, 0.1) is 0 Å². The van der Waals surface area contributed by atoms with Crippen LogP contribution in [0.1, 0.15) is 43.4 Å². The van der Waals surface area contributed by atoms with Crippen LogP contribution in [0.2, 0.25) is 0 Å². The predicted octanol–water partition coefficient (Wildman–Crippen LogP) is 4.25. The van der Waals surface area contributed by atoms with Crippen molar-refractivity contribution in [3.8, 4) is 0 Å². The number of thioether (sulfide) groups is 1. The van der Waals surface area contributed by atoms with E-state index in [-0.39, 0.29) is 0 Å². The van der Waals surface area contributed by atoms with Crippen molar-refractivity contribution >= 4 is 17.4 Å². The molecule has 2 rings (SSSR count). The van der Waals surface area contributed by atoms with Crippen molar-refractivity contribution in [1.29, 1.82) is 0 Å². The van der Waals surface area contributed by atoms with Crippen molar-refractivity contribution in [3.05, 3.63) is 29.8 Å². The highest BCUT2D eigenvalue weighted by molar-refractivity contribution is 7.99. The van der Waals surface area contributed by atoms with E-state index >= 15 is 0 Å². The third-order valence-corrected chi connectivity index (χ3v) is 4.87. The van der Waals surface area contributed by atoms with Gasteiger partial charge in [0.1, 0.15) is 0 Å². The largest absolute Gasteiger partial charge is 0.399 e. The van der Waals surface area contributed by atoms with Gasteiger partial charge in [0.15, 0.2) is 0 Å². The second-order valence-corrected chi connectivity index (χ2v) is 6.17. The summed E-state index contributed by atoms with van der Waals surface area (Å²) in [5.74, 6) is 2.28. The van der Waals surface area contributed by atoms with Crippen LogP contribution in [0.5, 0.6) is 0 Å². The molecule has 1 nitrogen and oxygen atoms in total. The van der Waals surface area contributed by atoms with E-state index in [1.165, 1.54) is 37.0 Å². The molecule has 1 aromatic carbocycles. The van der Waals surface area contributed by atoms with Gasteiger partial charge in [0.2, 0.25) is 0 Å². The minimum atomic E-state index is 0.573. The number of anilines is 1. The summed E-state index contributed by atoms with van der Waals surface area (Å²) < 4.78 is 0. The molecule has 1 unspecified atom stereocenters. The summed E-state index contributed by atoms with van der Waals surface area (Å²) >= 11 is 2.08. The molecule has 0 heterocycles. The van der Waals surface area contributed by atoms with Crippen molar-refractivity contribution < 1.29 is 0 Å². The lowest BCUT2D eigenvalue weighted by Crippen LogP contribution is -1.99. The first kappa shape index (κ1) is 11.8. The monoisotopic (exact) mass is 235 g/mol. The van der Waals surface area contributed by atoms with Gasteiger partial charge in [-0.2, -0.15) is 11.8 Å². The number of rotatable bonds is 4. The van der Waals surface area contributed by atoms with Gasteiger partial charge in [0.25, 0.3) is 0 Å².